The lowest BCUT2D eigenvalue weighted by Gasteiger charge is -2.26. The summed E-state index contributed by atoms with van der Waals surface area (Å²) in [5, 5.41) is 9.11. The molecule has 1 rings (SSSR count). The van der Waals surface area contributed by atoms with Crippen molar-refractivity contribution in [3.05, 3.63) is 34.3 Å². The lowest BCUT2D eigenvalue weighted by molar-refractivity contribution is -0.137. The molecule has 0 aliphatic rings. The molecule has 0 saturated heterocycles. The van der Waals surface area contributed by atoms with Gasteiger partial charge in [-0.1, -0.05) is 35.0 Å². The third-order valence-corrected chi connectivity index (χ3v) is 3.57. The molecule has 18 heavy (non-hydrogen) atoms. The van der Waals surface area contributed by atoms with Crippen LogP contribution >= 0.6 is 15.9 Å². The largest absolute Gasteiger partial charge is 0.340 e. The summed E-state index contributed by atoms with van der Waals surface area (Å²) in [5.41, 5.74) is 0.109. The van der Waals surface area contributed by atoms with Gasteiger partial charge in [-0.3, -0.25) is 4.79 Å². The number of carbonyl (C=O) groups excluding carboxylic acids is 1. The number of hydrogen-bond acceptors (Lipinski definition) is 2. The number of carbonyl (C=O) groups is 1. The van der Waals surface area contributed by atoms with E-state index in [1.807, 2.05) is 31.2 Å². The zero-order valence-corrected chi connectivity index (χ0v) is 12.5. The maximum atomic E-state index is 12.2. The minimum absolute atomic E-state index is 0.132. The predicted molar refractivity (Wildman–Crippen MR) is 74.6 cm³/mol. The maximum Gasteiger partial charge on any atom is 0.242 e. The van der Waals surface area contributed by atoms with E-state index in [2.05, 4.69) is 22.0 Å². The lowest BCUT2D eigenvalue weighted by Crippen LogP contribution is -2.38. The number of hydrogen-bond donors (Lipinski definition) is 0. The molecule has 0 heterocycles. The Balaban J connectivity index is 2.81. The third kappa shape index (κ3) is 3.33. The fraction of sp³-hybridized carbons (Fsp3) is 0.429. The Bertz CT molecular complexity index is 481. The molecule has 1 amide bonds. The molecule has 0 radical (unpaired) electrons. The molecule has 1 atom stereocenters. The predicted octanol–water partition coefficient (Wildman–Crippen LogP) is 3.35. The van der Waals surface area contributed by atoms with Gasteiger partial charge in [0.25, 0.3) is 0 Å². The van der Waals surface area contributed by atoms with Crippen molar-refractivity contribution < 1.29 is 4.79 Å². The average Bonchev–Trinajstić information content (AvgIpc) is 2.37. The number of benzene rings is 1. The van der Waals surface area contributed by atoms with Crippen molar-refractivity contribution in [2.75, 3.05) is 7.05 Å². The Morgan fingerprint density at radius 2 is 2.22 bits per heavy atom. The lowest BCUT2D eigenvalue weighted by atomic mass is 9.88. The number of rotatable bonds is 4. The molecule has 96 valence electrons. The van der Waals surface area contributed by atoms with Gasteiger partial charge in [-0.2, -0.15) is 5.26 Å². The highest BCUT2D eigenvalue weighted by Gasteiger charge is 2.33. The monoisotopic (exact) mass is 308 g/mol. The van der Waals surface area contributed by atoms with Crippen LogP contribution in [0, 0.1) is 16.7 Å². The minimum Gasteiger partial charge on any atom is -0.340 e. The molecule has 0 saturated carbocycles. The molecule has 0 N–H and O–H groups in total. The van der Waals surface area contributed by atoms with Gasteiger partial charge < -0.3 is 4.90 Å². The van der Waals surface area contributed by atoms with Crippen LogP contribution in [0.15, 0.2) is 28.7 Å². The van der Waals surface area contributed by atoms with Gasteiger partial charge >= 0.3 is 0 Å². The number of halogens is 1. The van der Waals surface area contributed by atoms with Crippen molar-refractivity contribution in [3.8, 4) is 6.07 Å². The van der Waals surface area contributed by atoms with E-state index < -0.39 is 5.41 Å². The van der Waals surface area contributed by atoms with Crippen molar-refractivity contribution in [2.45, 2.75) is 26.8 Å². The zero-order valence-electron chi connectivity index (χ0n) is 10.9. The molecular formula is C14H17BrN2O. The van der Waals surface area contributed by atoms with Crippen LogP contribution in [-0.4, -0.2) is 17.9 Å². The standard InChI is InChI=1S/C14H17BrN2O/c1-4-14(2,10-16)13(18)17(3)9-11-6-5-7-12(15)8-11/h5-8H,4,9H2,1-3H3. The maximum absolute atomic E-state index is 12.2. The Hall–Kier alpha value is -1.34. The Morgan fingerprint density at radius 1 is 1.56 bits per heavy atom. The van der Waals surface area contributed by atoms with Crippen molar-refractivity contribution in [2.24, 2.45) is 5.41 Å². The van der Waals surface area contributed by atoms with Crippen molar-refractivity contribution in [1.29, 1.82) is 5.26 Å². The molecule has 3 nitrogen and oxygen atoms in total. The molecule has 1 unspecified atom stereocenters. The molecule has 1 aromatic carbocycles. The second kappa shape index (κ2) is 6.01. The summed E-state index contributed by atoms with van der Waals surface area (Å²) in [5.74, 6) is -0.132. The molecule has 0 aliphatic carbocycles. The van der Waals surface area contributed by atoms with Gasteiger partial charge in [0.2, 0.25) is 5.91 Å². The van der Waals surface area contributed by atoms with Crippen LogP contribution in [0.4, 0.5) is 0 Å². The van der Waals surface area contributed by atoms with Crippen LogP contribution in [0.1, 0.15) is 25.8 Å². The summed E-state index contributed by atoms with van der Waals surface area (Å²) >= 11 is 3.40. The molecule has 0 aliphatic heterocycles. The van der Waals surface area contributed by atoms with Crippen LogP contribution in [0.5, 0.6) is 0 Å². The average molecular weight is 309 g/mol. The van der Waals surface area contributed by atoms with Crippen LogP contribution in [-0.2, 0) is 11.3 Å². The molecule has 0 spiro atoms. The number of nitrogens with zero attached hydrogens (tertiary/aromatic N) is 2. The summed E-state index contributed by atoms with van der Waals surface area (Å²) in [4.78, 5) is 13.8. The van der Waals surface area contributed by atoms with E-state index in [9.17, 15) is 4.79 Å². The zero-order chi connectivity index (χ0) is 13.8. The summed E-state index contributed by atoms with van der Waals surface area (Å²) in [6, 6.07) is 9.91. The second-order valence-electron chi connectivity index (χ2n) is 4.59. The van der Waals surface area contributed by atoms with Crippen LogP contribution < -0.4 is 0 Å². The smallest absolute Gasteiger partial charge is 0.242 e. The minimum atomic E-state index is -0.930. The highest BCUT2D eigenvalue weighted by molar-refractivity contribution is 9.10. The van der Waals surface area contributed by atoms with Gasteiger partial charge in [0.15, 0.2) is 0 Å². The molecule has 0 aromatic heterocycles. The fourth-order valence-electron chi connectivity index (χ4n) is 1.68. The van der Waals surface area contributed by atoms with Gasteiger partial charge in [-0.25, -0.2) is 0 Å². The molecule has 0 fully saturated rings. The third-order valence-electron chi connectivity index (χ3n) is 3.08. The van der Waals surface area contributed by atoms with E-state index in [0.717, 1.165) is 10.0 Å². The Labute approximate surface area is 117 Å². The first-order chi connectivity index (χ1) is 8.42. The van der Waals surface area contributed by atoms with Crippen molar-refractivity contribution >= 4 is 21.8 Å². The van der Waals surface area contributed by atoms with Gasteiger partial charge in [-0.15, -0.1) is 0 Å². The van der Waals surface area contributed by atoms with Crippen molar-refractivity contribution in [3.63, 3.8) is 0 Å². The normalized spacial score (nSPS) is 13.5. The van der Waals surface area contributed by atoms with Crippen molar-refractivity contribution in [1.82, 2.24) is 4.90 Å². The van der Waals surface area contributed by atoms with Gasteiger partial charge in [0, 0.05) is 18.1 Å². The number of amides is 1. The van der Waals surface area contributed by atoms with E-state index in [0.29, 0.717) is 13.0 Å². The quantitative estimate of drug-likeness (QED) is 0.856. The molecule has 4 heteroatoms. The van der Waals surface area contributed by atoms with E-state index in [1.54, 1.807) is 18.9 Å². The van der Waals surface area contributed by atoms with Crippen LogP contribution in [0.2, 0.25) is 0 Å². The highest BCUT2D eigenvalue weighted by Crippen LogP contribution is 2.23. The Morgan fingerprint density at radius 3 is 2.72 bits per heavy atom. The van der Waals surface area contributed by atoms with Gasteiger partial charge in [-0.05, 0) is 31.0 Å². The van der Waals surface area contributed by atoms with E-state index in [4.69, 9.17) is 5.26 Å². The molecule has 0 bridgehead atoms. The molecular weight excluding hydrogens is 292 g/mol. The first-order valence-corrected chi connectivity index (χ1v) is 6.63. The van der Waals surface area contributed by atoms with Crippen LogP contribution in [0.3, 0.4) is 0 Å². The van der Waals surface area contributed by atoms with Crippen LogP contribution in [0.25, 0.3) is 0 Å². The Kier molecular flexibility index (Phi) is 4.92. The summed E-state index contributed by atoms with van der Waals surface area (Å²) in [6.07, 6.45) is 0.519. The van der Waals surface area contributed by atoms with E-state index in [1.165, 1.54) is 0 Å². The summed E-state index contributed by atoms with van der Waals surface area (Å²) in [7, 11) is 1.73. The fourth-order valence-corrected chi connectivity index (χ4v) is 2.13. The highest BCUT2D eigenvalue weighted by atomic mass is 79.9. The van der Waals surface area contributed by atoms with E-state index in [-0.39, 0.29) is 5.91 Å². The summed E-state index contributed by atoms with van der Waals surface area (Å²) in [6.45, 7) is 4.05. The molecule has 1 aromatic rings. The SMILES string of the molecule is CCC(C)(C#N)C(=O)N(C)Cc1cccc(Br)c1. The topological polar surface area (TPSA) is 44.1 Å². The number of nitriles is 1. The summed E-state index contributed by atoms with van der Waals surface area (Å²) < 4.78 is 0.986. The second-order valence-corrected chi connectivity index (χ2v) is 5.50. The van der Waals surface area contributed by atoms with E-state index >= 15 is 0 Å². The van der Waals surface area contributed by atoms with Gasteiger partial charge in [0.05, 0.1) is 6.07 Å². The first-order valence-electron chi connectivity index (χ1n) is 5.84. The van der Waals surface area contributed by atoms with Gasteiger partial charge in [0.1, 0.15) is 5.41 Å². The first kappa shape index (κ1) is 14.7.